The number of nitrogens with one attached hydrogen (secondary N) is 2. The molecule has 0 aliphatic carbocycles. The van der Waals surface area contributed by atoms with Crippen molar-refractivity contribution in [2.24, 2.45) is 0 Å². The molecule has 0 aromatic heterocycles. The summed E-state index contributed by atoms with van der Waals surface area (Å²) in [5.74, 6) is 0.816. The molecule has 8 heteroatoms. The molecular weight excluding hydrogens is 422 g/mol. The van der Waals surface area contributed by atoms with Crippen LogP contribution >= 0.6 is 0 Å². The van der Waals surface area contributed by atoms with E-state index >= 15 is 0 Å². The third-order valence-corrected chi connectivity index (χ3v) is 5.10. The topological polar surface area (TPSA) is 89.1 Å². The van der Waals surface area contributed by atoms with Crippen molar-refractivity contribution in [2.75, 3.05) is 56.8 Å². The van der Waals surface area contributed by atoms with E-state index < -0.39 is 0 Å². The number of carbonyl (C=O) groups excluding carboxylic acids is 2. The fourth-order valence-electron chi connectivity index (χ4n) is 3.48. The van der Waals surface area contributed by atoms with Crippen LogP contribution in [0.1, 0.15) is 29.8 Å². The Balaban J connectivity index is 1.79. The lowest BCUT2D eigenvalue weighted by molar-refractivity contribution is -0.111. The first-order valence-electron chi connectivity index (χ1n) is 11.1. The summed E-state index contributed by atoms with van der Waals surface area (Å²) in [5, 5.41) is 5.47. The van der Waals surface area contributed by atoms with E-state index in [-0.39, 0.29) is 11.8 Å². The highest BCUT2D eigenvalue weighted by atomic mass is 16.5. The van der Waals surface area contributed by atoms with Crippen LogP contribution in [0.4, 0.5) is 11.4 Å². The van der Waals surface area contributed by atoms with Crippen LogP contribution in [0.2, 0.25) is 0 Å². The molecule has 2 aromatic rings. The number of anilines is 2. The Kier molecular flexibility index (Phi) is 8.71. The van der Waals surface area contributed by atoms with Gasteiger partial charge in [0.15, 0.2) is 0 Å². The summed E-state index contributed by atoms with van der Waals surface area (Å²) in [6.45, 7) is 7.63. The highest BCUT2D eigenvalue weighted by molar-refractivity contribution is 6.03. The molecule has 1 fully saturated rings. The molecular formula is C25H31N3O5. The molecule has 0 unspecified atom stereocenters. The summed E-state index contributed by atoms with van der Waals surface area (Å²) >= 11 is 0. The minimum absolute atomic E-state index is 0.155. The van der Waals surface area contributed by atoms with Gasteiger partial charge >= 0.3 is 0 Å². The van der Waals surface area contributed by atoms with Crippen molar-refractivity contribution >= 4 is 29.3 Å². The number of amides is 2. The van der Waals surface area contributed by atoms with Crippen LogP contribution in [-0.4, -0.2) is 58.4 Å². The molecule has 33 heavy (non-hydrogen) atoms. The van der Waals surface area contributed by atoms with Crippen LogP contribution in [-0.2, 0) is 9.53 Å². The van der Waals surface area contributed by atoms with Gasteiger partial charge in [-0.2, -0.15) is 0 Å². The van der Waals surface area contributed by atoms with Gasteiger partial charge < -0.3 is 29.7 Å². The van der Waals surface area contributed by atoms with Gasteiger partial charge in [0.1, 0.15) is 11.5 Å². The van der Waals surface area contributed by atoms with Gasteiger partial charge in [-0.3, -0.25) is 9.59 Å². The van der Waals surface area contributed by atoms with Crippen molar-refractivity contribution in [2.45, 2.75) is 13.8 Å². The zero-order chi connectivity index (χ0) is 23.6. The zero-order valence-corrected chi connectivity index (χ0v) is 19.3. The van der Waals surface area contributed by atoms with Gasteiger partial charge in [0.25, 0.3) is 5.91 Å². The third kappa shape index (κ3) is 6.49. The number of hydrogen-bond acceptors (Lipinski definition) is 6. The summed E-state index contributed by atoms with van der Waals surface area (Å²) < 4.78 is 17.2. The lowest BCUT2D eigenvalue weighted by Crippen LogP contribution is -2.36. The molecule has 0 radical (unpaired) electrons. The van der Waals surface area contributed by atoms with Crippen molar-refractivity contribution in [1.29, 1.82) is 0 Å². The van der Waals surface area contributed by atoms with Gasteiger partial charge in [-0.25, -0.2) is 0 Å². The van der Waals surface area contributed by atoms with E-state index in [0.717, 1.165) is 24.3 Å². The van der Waals surface area contributed by atoms with E-state index in [4.69, 9.17) is 14.2 Å². The summed E-state index contributed by atoms with van der Waals surface area (Å²) in [6, 6.07) is 10.7. The summed E-state index contributed by atoms with van der Waals surface area (Å²) in [7, 11) is 1.58. The minimum Gasteiger partial charge on any atom is -0.492 e. The van der Waals surface area contributed by atoms with Gasteiger partial charge in [-0.05, 0) is 37.6 Å². The van der Waals surface area contributed by atoms with Crippen LogP contribution in [0.25, 0.3) is 6.08 Å². The largest absolute Gasteiger partial charge is 0.492 e. The fourth-order valence-corrected chi connectivity index (χ4v) is 3.48. The standard InChI is InChI=1S/C25H31N3O5/c1-4-32-22-17-21(28-12-14-31-15-13-28)23(33-5-2)16-20(22)27-24(29)11-8-18-6-9-19(10-7-18)25(30)26-3/h6-11,16-17H,4-5,12-15H2,1-3H3,(H,26,30)(H,27,29)/b11-8+. The Morgan fingerprint density at radius 3 is 2.33 bits per heavy atom. The second-order valence-electron chi connectivity index (χ2n) is 7.31. The maximum absolute atomic E-state index is 12.6. The number of ether oxygens (including phenoxy) is 3. The second kappa shape index (κ2) is 11.9. The number of carbonyl (C=O) groups is 2. The van der Waals surface area contributed by atoms with Crippen molar-refractivity contribution in [3.63, 3.8) is 0 Å². The Morgan fingerprint density at radius 1 is 1.03 bits per heavy atom. The summed E-state index contributed by atoms with van der Waals surface area (Å²) in [5.41, 5.74) is 2.83. The number of morpholine rings is 1. The first-order valence-corrected chi connectivity index (χ1v) is 11.1. The highest BCUT2D eigenvalue weighted by Gasteiger charge is 2.20. The predicted octanol–water partition coefficient (Wildman–Crippen LogP) is 3.33. The van der Waals surface area contributed by atoms with E-state index in [1.165, 1.54) is 6.08 Å². The van der Waals surface area contributed by atoms with Crippen LogP contribution in [0, 0.1) is 0 Å². The number of hydrogen-bond donors (Lipinski definition) is 2. The van der Waals surface area contributed by atoms with Crippen LogP contribution in [0.3, 0.4) is 0 Å². The molecule has 1 aliphatic heterocycles. The molecule has 1 aliphatic rings. The Morgan fingerprint density at radius 2 is 1.70 bits per heavy atom. The predicted molar refractivity (Wildman–Crippen MR) is 129 cm³/mol. The van der Waals surface area contributed by atoms with Gasteiger partial charge in [-0.1, -0.05) is 12.1 Å². The average molecular weight is 454 g/mol. The lowest BCUT2D eigenvalue weighted by atomic mass is 10.1. The number of nitrogens with zero attached hydrogens (tertiary/aromatic N) is 1. The number of rotatable bonds is 9. The molecule has 8 nitrogen and oxygen atoms in total. The van der Waals surface area contributed by atoms with Gasteiger partial charge in [0.05, 0.1) is 37.8 Å². The van der Waals surface area contributed by atoms with E-state index in [1.807, 2.05) is 26.0 Å². The van der Waals surface area contributed by atoms with Gasteiger partial charge in [-0.15, -0.1) is 0 Å². The van der Waals surface area contributed by atoms with Crippen molar-refractivity contribution in [3.8, 4) is 11.5 Å². The van der Waals surface area contributed by atoms with Crippen LogP contribution < -0.4 is 25.0 Å². The van der Waals surface area contributed by atoms with Gasteiger partial charge in [0.2, 0.25) is 5.91 Å². The van der Waals surface area contributed by atoms with Crippen LogP contribution in [0.5, 0.6) is 11.5 Å². The molecule has 1 heterocycles. The molecule has 0 saturated carbocycles. The third-order valence-electron chi connectivity index (χ3n) is 5.10. The first kappa shape index (κ1) is 24.1. The van der Waals surface area contributed by atoms with E-state index in [0.29, 0.717) is 49.2 Å². The molecule has 2 N–H and O–H groups in total. The van der Waals surface area contributed by atoms with Crippen molar-refractivity contribution in [3.05, 3.63) is 53.6 Å². The highest BCUT2D eigenvalue weighted by Crippen LogP contribution is 2.39. The Hall–Kier alpha value is -3.52. The van der Waals surface area contributed by atoms with Crippen LogP contribution in [0.15, 0.2) is 42.5 Å². The average Bonchev–Trinajstić information content (AvgIpc) is 2.85. The molecule has 2 aromatic carbocycles. The maximum atomic E-state index is 12.6. The smallest absolute Gasteiger partial charge is 0.251 e. The van der Waals surface area contributed by atoms with E-state index in [9.17, 15) is 9.59 Å². The lowest BCUT2D eigenvalue weighted by Gasteiger charge is -2.31. The SMILES string of the molecule is CCOc1cc(N2CCOCC2)c(OCC)cc1NC(=O)/C=C/c1ccc(C(=O)NC)cc1. The summed E-state index contributed by atoms with van der Waals surface area (Å²) in [4.78, 5) is 26.5. The molecule has 1 saturated heterocycles. The number of benzene rings is 2. The first-order chi connectivity index (χ1) is 16.0. The van der Waals surface area contributed by atoms with Crippen molar-refractivity contribution < 1.29 is 23.8 Å². The maximum Gasteiger partial charge on any atom is 0.251 e. The van der Waals surface area contributed by atoms with E-state index in [2.05, 4.69) is 15.5 Å². The monoisotopic (exact) mass is 453 g/mol. The molecule has 0 atom stereocenters. The van der Waals surface area contributed by atoms with Crippen molar-refractivity contribution in [1.82, 2.24) is 5.32 Å². The quantitative estimate of drug-likeness (QED) is 0.566. The molecule has 176 valence electrons. The normalized spacial score (nSPS) is 13.6. The van der Waals surface area contributed by atoms with E-state index in [1.54, 1.807) is 37.4 Å². The molecule has 0 spiro atoms. The fraction of sp³-hybridized carbons (Fsp3) is 0.360. The zero-order valence-electron chi connectivity index (χ0n) is 19.3. The minimum atomic E-state index is -0.298. The van der Waals surface area contributed by atoms with Gasteiger partial charge in [0, 0.05) is 43.9 Å². The molecule has 2 amide bonds. The Bertz CT molecular complexity index is 982. The molecule has 0 bridgehead atoms. The molecule has 3 rings (SSSR count). The Labute approximate surface area is 194 Å². The summed E-state index contributed by atoms with van der Waals surface area (Å²) in [6.07, 6.45) is 3.13. The second-order valence-corrected chi connectivity index (χ2v) is 7.31.